The minimum absolute atomic E-state index is 0.0732. The SMILES string of the molecule is CC(c1cccc(O)c1)N(C)CCC(=O)Nc1cccc(F)c1. The number of hydrogen-bond donors (Lipinski definition) is 2. The number of benzene rings is 2. The number of nitrogens with zero attached hydrogens (tertiary/aromatic N) is 1. The van der Waals surface area contributed by atoms with Crippen molar-refractivity contribution in [1.82, 2.24) is 4.90 Å². The topological polar surface area (TPSA) is 52.6 Å². The lowest BCUT2D eigenvalue weighted by atomic mass is 10.1. The molecule has 0 aliphatic rings. The van der Waals surface area contributed by atoms with E-state index in [0.717, 1.165) is 5.56 Å². The Balaban J connectivity index is 1.86. The summed E-state index contributed by atoms with van der Waals surface area (Å²) in [5.74, 6) is -0.311. The van der Waals surface area contributed by atoms with Crippen LogP contribution in [0.3, 0.4) is 0 Å². The van der Waals surface area contributed by atoms with Crippen LogP contribution in [0.15, 0.2) is 48.5 Å². The summed E-state index contributed by atoms with van der Waals surface area (Å²) < 4.78 is 13.1. The number of phenolic OH excluding ortho intramolecular Hbond substituents is 1. The van der Waals surface area contributed by atoms with Crippen molar-refractivity contribution >= 4 is 11.6 Å². The summed E-state index contributed by atoms with van der Waals surface area (Å²) in [6.07, 6.45) is 0.302. The molecule has 0 saturated carbocycles. The number of halogens is 1. The predicted octanol–water partition coefficient (Wildman–Crippen LogP) is 3.55. The minimum atomic E-state index is -0.377. The van der Waals surface area contributed by atoms with Crippen LogP contribution in [0.5, 0.6) is 5.75 Å². The molecule has 23 heavy (non-hydrogen) atoms. The normalized spacial score (nSPS) is 12.2. The number of aromatic hydroxyl groups is 1. The molecule has 1 atom stereocenters. The first-order valence-corrected chi connectivity index (χ1v) is 7.50. The first-order valence-electron chi connectivity index (χ1n) is 7.50. The zero-order valence-corrected chi connectivity index (χ0v) is 13.3. The molecule has 4 nitrogen and oxygen atoms in total. The third-order valence-corrected chi connectivity index (χ3v) is 3.81. The number of nitrogens with one attached hydrogen (secondary N) is 1. The van der Waals surface area contributed by atoms with Crippen LogP contribution in [0.25, 0.3) is 0 Å². The molecule has 5 heteroatoms. The van der Waals surface area contributed by atoms with Gasteiger partial charge in [-0.1, -0.05) is 18.2 Å². The van der Waals surface area contributed by atoms with Crippen LogP contribution in [0.4, 0.5) is 10.1 Å². The van der Waals surface area contributed by atoms with E-state index >= 15 is 0 Å². The van der Waals surface area contributed by atoms with Gasteiger partial charge in [0.05, 0.1) is 0 Å². The molecule has 0 radical (unpaired) electrons. The highest BCUT2D eigenvalue weighted by Gasteiger charge is 2.13. The summed E-state index contributed by atoms with van der Waals surface area (Å²) in [4.78, 5) is 14.0. The van der Waals surface area contributed by atoms with Gasteiger partial charge < -0.3 is 10.4 Å². The fourth-order valence-corrected chi connectivity index (χ4v) is 2.30. The van der Waals surface area contributed by atoms with Gasteiger partial charge in [-0.05, 0) is 49.9 Å². The maximum Gasteiger partial charge on any atom is 0.225 e. The maximum atomic E-state index is 13.1. The summed E-state index contributed by atoms with van der Waals surface area (Å²) >= 11 is 0. The third kappa shape index (κ3) is 5.07. The number of carbonyl (C=O) groups excluding carboxylic acids is 1. The van der Waals surface area contributed by atoms with Gasteiger partial charge in [-0.15, -0.1) is 0 Å². The summed E-state index contributed by atoms with van der Waals surface area (Å²) in [6, 6.07) is 13.0. The lowest BCUT2D eigenvalue weighted by Crippen LogP contribution is -2.27. The number of hydrogen-bond acceptors (Lipinski definition) is 3. The van der Waals surface area contributed by atoms with Crippen LogP contribution in [0.1, 0.15) is 24.9 Å². The van der Waals surface area contributed by atoms with E-state index in [1.807, 2.05) is 24.9 Å². The fraction of sp³-hybridized carbons (Fsp3) is 0.278. The second kappa shape index (κ2) is 7.74. The molecule has 1 unspecified atom stereocenters. The molecule has 0 bridgehead atoms. The van der Waals surface area contributed by atoms with Crippen LogP contribution >= 0.6 is 0 Å². The lowest BCUT2D eigenvalue weighted by Gasteiger charge is -2.25. The molecule has 0 aromatic heterocycles. The van der Waals surface area contributed by atoms with Crippen molar-refractivity contribution in [1.29, 1.82) is 0 Å². The van der Waals surface area contributed by atoms with Crippen LogP contribution in [-0.2, 0) is 4.79 Å². The van der Waals surface area contributed by atoms with E-state index in [2.05, 4.69) is 5.32 Å². The standard InChI is InChI=1S/C18H21FN2O2/c1-13(14-5-3-8-17(22)11-14)21(2)10-9-18(23)20-16-7-4-6-15(19)12-16/h3-8,11-13,22H,9-10H2,1-2H3,(H,20,23). The fourth-order valence-electron chi connectivity index (χ4n) is 2.30. The largest absolute Gasteiger partial charge is 0.508 e. The van der Waals surface area contributed by atoms with Gasteiger partial charge in [-0.3, -0.25) is 9.69 Å². The second-order valence-electron chi connectivity index (χ2n) is 5.56. The molecular weight excluding hydrogens is 295 g/mol. The Morgan fingerprint density at radius 1 is 1.26 bits per heavy atom. The Labute approximate surface area is 135 Å². The molecule has 2 rings (SSSR count). The molecule has 0 aliphatic carbocycles. The Bertz CT molecular complexity index is 676. The van der Waals surface area contributed by atoms with Gasteiger partial charge in [0.15, 0.2) is 0 Å². The van der Waals surface area contributed by atoms with Crippen LogP contribution in [-0.4, -0.2) is 29.5 Å². The van der Waals surface area contributed by atoms with E-state index in [-0.39, 0.29) is 23.5 Å². The number of phenols is 1. The molecule has 0 aliphatic heterocycles. The number of rotatable bonds is 6. The number of anilines is 1. The van der Waals surface area contributed by atoms with Crippen molar-refractivity contribution < 1.29 is 14.3 Å². The molecular formula is C18H21FN2O2. The first kappa shape index (κ1) is 17.0. The molecule has 2 aromatic rings. The molecule has 0 saturated heterocycles. The van der Waals surface area contributed by atoms with Gasteiger partial charge in [-0.25, -0.2) is 4.39 Å². The highest BCUT2D eigenvalue weighted by atomic mass is 19.1. The van der Waals surface area contributed by atoms with Gasteiger partial charge in [-0.2, -0.15) is 0 Å². The first-order chi connectivity index (χ1) is 11.0. The summed E-state index contributed by atoms with van der Waals surface area (Å²) in [7, 11) is 1.92. The maximum absolute atomic E-state index is 13.1. The van der Waals surface area contributed by atoms with E-state index in [9.17, 15) is 14.3 Å². The molecule has 0 heterocycles. The zero-order chi connectivity index (χ0) is 16.8. The smallest absolute Gasteiger partial charge is 0.225 e. The predicted molar refractivity (Wildman–Crippen MR) is 88.8 cm³/mol. The monoisotopic (exact) mass is 316 g/mol. The molecule has 122 valence electrons. The summed E-state index contributed by atoms with van der Waals surface area (Å²) in [5, 5.41) is 12.2. The Kier molecular flexibility index (Phi) is 5.71. The highest BCUT2D eigenvalue weighted by Crippen LogP contribution is 2.22. The molecule has 2 aromatic carbocycles. The van der Waals surface area contributed by atoms with Crippen LogP contribution < -0.4 is 5.32 Å². The van der Waals surface area contributed by atoms with Crippen molar-refractivity contribution in [3.8, 4) is 5.75 Å². The molecule has 2 N–H and O–H groups in total. The average molecular weight is 316 g/mol. The number of carbonyl (C=O) groups is 1. The van der Waals surface area contributed by atoms with Crippen molar-refractivity contribution in [2.45, 2.75) is 19.4 Å². The Hall–Kier alpha value is -2.40. The van der Waals surface area contributed by atoms with Crippen LogP contribution in [0.2, 0.25) is 0 Å². The van der Waals surface area contributed by atoms with E-state index in [0.29, 0.717) is 18.7 Å². The van der Waals surface area contributed by atoms with Crippen molar-refractivity contribution in [3.63, 3.8) is 0 Å². The van der Waals surface area contributed by atoms with Crippen molar-refractivity contribution in [2.75, 3.05) is 18.9 Å². The van der Waals surface area contributed by atoms with E-state index in [4.69, 9.17) is 0 Å². The van der Waals surface area contributed by atoms with Crippen LogP contribution in [0, 0.1) is 5.82 Å². The van der Waals surface area contributed by atoms with E-state index in [1.54, 1.807) is 30.3 Å². The Morgan fingerprint density at radius 2 is 2.00 bits per heavy atom. The van der Waals surface area contributed by atoms with Gasteiger partial charge >= 0.3 is 0 Å². The van der Waals surface area contributed by atoms with Gasteiger partial charge in [0.25, 0.3) is 0 Å². The van der Waals surface area contributed by atoms with Gasteiger partial charge in [0, 0.05) is 24.7 Å². The number of amides is 1. The van der Waals surface area contributed by atoms with Crippen molar-refractivity contribution in [2.24, 2.45) is 0 Å². The van der Waals surface area contributed by atoms with E-state index < -0.39 is 0 Å². The minimum Gasteiger partial charge on any atom is -0.508 e. The summed E-state index contributed by atoms with van der Waals surface area (Å²) in [6.45, 7) is 2.57. The highest BCUT2D eigenvalue weighted by molar-refractivity contribution is 5.90. The summed E-state index contributed by atoms with van der Waals surface area (Å²) in [5.41, 5.74) is 1.44. The Morgan fingerprint density at radius 3 is 2.70 bits per heavy atom. The molecule has 1 amide bonds. The molecule has 0 spiro atoms. The molecule has 0 fully saturated rings. The zero-order valence-electron chi connectivity index (χ0n) is 13.3. The van der Waals surface area contributed by atoms with Gasteiger partial charge in [0.2, 0.25) is 5.91 Å². The second-order valence-corrected chi connectivity index (χ2v) is 5.56. The quantitative estimate of drug-likeness (QED) is 0.857. The van der Waals surface area contributed by atoms with Gasteiger partial charge in [0.1, 0.15) is 11.6 Å². The van der Waals surface area contributed by atoms with E-state index in [1.165, 1.54) is 12.1 Å². The third-order valence-electron chi connectivity index (χ3n) is 3.81. The average Bonchev–Trinajstić information content (AvgIpc) is 2.52. The van der Waals surface area contributed by atoms with Crippen molar-refractivity contribution in [3.05, 3.63) is 59.9 Å². The lowest BCUT2D eigenvalue weighted by molar-refractivity contribution is -0.116.